The maximum atomic E-state index is 5.77. The average molecular weight is 249 g/mol. The highest BCUT2D eigenvalue weighted by molar-refractivity contribution is 6.17. The Morgan fingerprint density at radius 3 is 2.29 bits per heavy atom. The van der Waals surface area contributed by atoms with Crippen LogP contribution in [-0.4, -0.2) is 7.11 Å². The Hall–Kier alpha value is -1.67. The largest absolute Gasteiger partial charge is 0.497 e. The van der Waals surface area contributed by atoms with Crippen molar-refractivity contribution in [2.75, 3.05) is 7.11 Å². The van der Waals surface area contributed by atoms with Crippen molar-refractivity contribution in [3.8, 4) is 17.2 Å². The topological polar surface area (TPSA) is 18.5 Å². The van der Waals surface area contributed by atoms with Crippen molar-refractivity contribution in [1.29, 1.82) is 0 Å². The third-order valence-corrected chi connectivity index (χ3v) is 2.64. The molecule has 0 aliphatic carbocycles. The van der Waals surface area contributed by atoms with E-state index in [4.69, 9.17) is 21.1 Å². The van der Waals surface area contributed by atoms with Gasteiger partial charge in [-0.3, -0.25) is 0 Å². The number of halogens is 1. The van der Waals surface area contributed by atoms with E-state index in [1.807, 2.05) is 48.5 Å². The third-order valence-electron chi connectivity index (χ3n) is 2.33. The van der Waals surface area contributed by atoms with Crippen LogP contribution in [0.25, 0.3) is 0 Å². The maximum absolute atomic E-state index is 5.77. The summed E-state index contributed by atoms with van der Waals surface area (Å²) in [6.45, 7) is 0. The number of hydrogen-bond donors (Lipinski definition) is 0. The molecule has 0 saturated heterocycles. The van der Waals surface area contributed by atoms with Crippen LogP contribution in [-0.2, 0) is 5.88 Å². The Morgan fingerprint density at radius 2 is 1.59 bits per heavy atom. The Balaban J connectivity index is 2.18. The predicted molar refractivity (Wildman–Crippen MR) is 69.1 cm³/mol. The van der Waals surface area contributed by atoms with Gasteiger partial charge in [0.2, 0.25) is 0 Å². The van der Waals surface area contributed by atoms with Gasteiger partial charge in [-0.15, -0.1) is 11.6 Å². The zero-order valence-corrected chi connectivity index (χ0v) is 10.3. The molecule has 0 atom stereocenters. The van der Waals surface area contributed by atoms with Crippen molar-refractivity contribution in [2.24, 2.45) is 0 Å². The van der Waals surface area contributed by atoms with Crippen LogP contribution in [0.5, 0.6) is 17.2 Å². The molecule has 88 valence electrons. The molecule has 2 aromatic rings. The summed E-state index contributed by atoms with van der Waals surface area (Å²) < 4.78 is 10.9. The van der Waals surface area contributed by atoms with Crippen LogP contribution in [0.2, 0.25) is 0 Å². The molecule has 2 aromatic carbocycles. The fourth-order valence-corrected chi connectivity index (χ4v) is 1.66. The van der Waals surface area contributed by atoms with Crippen molar-refractivity contribution in [2.45, 2.75) is 5.88 Å². The lowest BCUT2D eigenvalue weighted by Crippen LogP contribution is -1.87. The van der Waals surface area contributed by atoms with E-state index >= 15 is 0 Å². The van der Waals surface area contributed by atoms with Gasteiger partial charge in [0.15, 0.2) is 0 Å². The molecule has 0 radical (unpaired) electrons. The van der Waals surface area contributed by atoms with Gasteiger partial charge in [-0.1, -0.05) is 18.2 Å². The summed E-state index contributed by atoms with van der Waals surface area (Å²) in [6, 6.07) is 15.2. The number of hydrogen-bond acceptors (Lipinski definition) is 2. The lowest BCUT2D eigenvalue weighted by Gasteiger charge is -2.08. The summed E-state index contributed by atoms with van der Waals surface area (Å²) >= 11 is 5.77. The normalized spacial score (nSPS) is 10.0. The fourth-order valence-electron chi connectivity index (χ4n) is 1.49. The molecule has 0 bridgehead atoms. The Kier molecular flexibility index (Phi) is 3.89. The fraction of sp³-hybridized carbons (Fsp3) is 0.143. The first-order chi connectivity index (χ1) is 8.31. The van der Waals surface area contributed by atoms with Crippen LogP contribution in [0.1, 0.15) is 5.56 Å². The van der Waals surface area contributed by atoms with Gasteiger partial charge in [0.05, 0.1) is 7.11 Å². The molecule has 0 unspecified atom stereocenters. The Labute approximate surface area is 106 Å². The van der Waals surface area contributed by atoms with E-state index in [0.29, 0.717) is 5.88 Å². The molecule has 2 nitrogen and oxygen atoms in total. The summed E-state index contributed by atoms with van der Waals surface area (Å²) in [6.07, 6.45) is 0. The number of alkyl halides is 1. The molecular formula is C14H13ClO2. The van der Waals surface area contributed by atoms with Crippen LogP contribution in [0, 0.1) is 0 Å². The lowest BCUT2D eigenvalue weighted by atomic mass is 10.2. The molecule has 0 aromatic heterocycles. The van der Waals surface area contributed by atoms with E-state index in [2.05, 4.69) is 0 Å². The van der Waals surface area contributed by atoms with Crippen LogP contribution < -0.4 is 9.47 Å². The van der Waals surface area contributed by atoms with Gasteiger partial charge < -0.3 is 9.47 Å². The van der Waals surface area contributed by atoms with Gasteiger partial charge in [-0.25, -0.2) is 0 Å². The zero-order valence-electron chi connectivity index (χ0n) is 9.52. The van der Waals surface area contributed by atoms with Gasteiger partial charge in [0.25, 0.3) is 0 Å². The molecule has 17 heavy (non-hydrogen) atoms. The predicted octanol–water partition coefficient (Wildman–Crippen LogP) is 4.23. The molecule has 0 heterocycles. The van der Waals surface area contributed by atoms with E-state index in [9.17, 15) is 0 Å². The molecule has 3 heteroatoms. The van der Waals surface area contributed by atoms with E-state index < -0.39 is 0 Å². The SMILES string of the molecule is COc1cccc(Oc2cccc(CCl)c2)c1. The van der Waals surface area contributed by atoms with Gasteiger partial charge >= 0.3 is 0 Å². The first-order valence-electron chi connectivity index (χ1n) is 5.28. The molecule has 0 N–H and O–H groups in total. The first-order valence-corrected chi connectivity index (χ1v) is 5.82. The summed E-state index contributed by atoms with van der Waals surface area (Å²) in [5.41, 5.74) is 1.03. The van der Waals surface area contributed by atoms with Gasteiger partial charge in [-0.05, 0) is 29.8 Å². The minimum atomic E-state index is 0.481. The monoisotopic (exact) mass is 248 g/mol. The second kappa shape index (κ2) is 5.60. The van der Waals surface area contributed by atoms with Crippen molar-refractivity contribution < 1.29 is 9.47 Å². The molecule has 0 saturated carbocycles. The number of ether oxygens (including phenoxy) is 2. The van der Waals surface area contributed by atoms with Crippen molar-refractivity contribution >= 4 is 11.6 Å². The highest BCUT2D eigenvalue weighted by Gasteiger charge is 2.00. The van der Waals surface area contributed by atoms with Crippen molar-refractivity contribution in [3.05, 3.63) is 54.1 Å². The first kappa shape index (κ1) is 11.8. The average Bonchev–Trinajstić information content (AvgIpc) is 2.39. The van der Waals surface area contributed by atoms with Crippen molar-refractivity contribution in [1.82, 2.24) is 0 Å². The summed E-state index contributed by atoms with van der Waals surface area (Å²) in [5, 5.41) is 0. The quantitative estimate of drug-likeness (QED) is 0.754. The standard InChI is InChI=1S/C14H13ClO2/c1-16-12-5-3-7-14(9-12)17-13-6-2-4-11(8-13)10-15/h2-9H,10H2,1H3. The van der Waals surface area contributed by atoms with Gasteiger partial charge in [0, 0.05) is 11.9 Å². The smallest absolute Gasteiger partial charge is 0.131 e. The second-order valence-electron chi connectivity index (χ2n) is 3.56. The van der Waals surface area contributed by atoms with Crippen LogP contribution in [0.3, 0.4) is 0 Å². The molecule has 2 rings (SSSR count). The van der Waals surface area contributed by atoms with Gasteiger partial charge in [0.1, 0.15) is 17.2 Å². The molecule has 0 fully saturated rings. The number of benzene rings is 2. The summed E-state index contributed by atoms with van der Waals surface area (Å²) in [5.74, 6) is 2.78. The number of rotatable bonds is 4. The van der Waals surface area contributed by atoms with E-state index in [-0.39, 0.29) is 0 Å². The summed E-state index contributed by atoms with van der Waals surface area (Å²) in [7, 11) is 1.63. The summed E-state index contributed by atoms with van der Waals surface area (Å²) in [4.78, 5) is 0. The second-order valence-corrected chi connectivity index (χ2v) is 3.83. The van der Waals surface area contributed by atoms with E-state index in [0.717, 1.165) is 22.8 Å². The van der Waals surface area contributed by atoms with E-state index in [1.54, 1.807) is 7.11 Å². The van der Waals surface area contributed by atoms with Crippen LogP contribution in [0.15, 0.2) is 48.5 Å². The highest BCUT2D eigenvalue weighted by Crippen LogP contribution is 2.25. The highest BCUT2D eigenvalue weighted by atomic mass is 35.5. The third kappa shape index (κ3) is 3.14. The molecule has 0 spiro atoms. The molecule has 0 aliphatic rings. The molecular weight excluding hydrogens is 236 g/mol. The minimum absolute atomic E-state index is 0.481. The zero-order chi connectivity index (χ0) is 12.1. The number of methoxy groups -OCH3 is 1. The maximum Gasteiger partial charge on any atom is 0.131 e. The van der Waals surface area contributed by atoms with Gasteiger partial charge in [-0.2, -0.15) is 0 Å². The van der Waals surface area contributed by atoms with Crippen LogP contribution >= 0.6 is 11.6 Å². The lowest BCUT2D eigenvalue weighted by molar-refractivity contribution is 0.409. The Morgan fingerprint density at radius 1 is 0.941 bits per heavy atom. The van der Waals surface area contributed by atoms with Crippen LogP contribution in [0.4, 0.5) is 0 Å². The molecule has 0 amide bonds. The molecule has 0 aliphatic heterocycles. The Bertz CT molecular complexity index is 452. The minimum Gasteiger partial charge on any atom is -0.497 e. The van der Waals surface area contributed by atoms with Crippen molar-refractivity contribution in [3.63, 3.8) is 0 Å². The van der Waals surface area contributed by atoms with E-state index in [1.165, 1.54) is 0 Å².